The van der Waals surface area contributed by atoms with Crippen LogP contribution in [0, 0.1) is 0 Å². The molecule has 0 atom stereocenters. The van der Waals surface area contributed by atoms with Gasteiger partial charge in [-0.15, -0.1) is 10.1 Å². The Labute approximate surface area is 241 Å². The highest BCUT2D eigenvalue weighted by Gasteiger charge is 2.36. The molecule has 0 saturated carbocycles. The predicted molar refractivity (Wildman–Crippen MR) is 144 cm³/mol. The van der Waals surface area contributed by atoms with Gasteiger partial charge in [0.15, 0.2) is 0 Å². The number of amides is 4. The molecule has 2 heterocycles. The zero-order chi connectivity index (χ0) is 30.2. The molecule has 42 heavy (non-hydrogen) atoms. The molecule has 0 aromatic heterocycles. The van der Waals surface area contributed by atoms with Gasteiger partial charge in [0.1, 0.15) is 0 Å². The molecule has 12 heteroatoms. The van der Waals surface area contributed by atoms with Crippen molar-refractivity contribution in [3.05, 3.63) is 69.8 Å². The third kappa shape index (κ3) is 6.89. The second-order valence-corrected chi connectivity index (χ2v) is 10.2. The zero-order valence-electron chi connectivity index (χ0n) is 23.0. The lowest BCUT2D eigenvalue weighted by atomic mass is 10.1. The summed E-state index contributed by atoms with van der Waals surface area (Å²) in [6, 6.07) is 7.98. The lowest BCUT2D eigenvalue weighted by Crippen LogP contribution is -2.25. The number of nitrogens with zero attached hydrogens (tertiary/aromatic N) is 2. The minimum absolute atomic E-state index is 0.0208. The summed E-state index contributed by atoms with van der Waals surface area (Å²) < 4.78 is 10.5. The molecule has 0 radical (unpaired) electrons. The highest BCUT2D eigenvalue weighted by molar-refractivity contribution is 6.21. The van der Waals surface area contributed by atoms with Crippen molar-refractivity contribution in [1.82, 2.24) is 10.1 Å². The van der Waals surface area contributed by atoms with Gasteiger partial charge in [-0.05, 0) is 49.2 Å². The van der Waals surface area contributed by atoms with E-state index in [2.05, 4.69) is 0 Å². The van der Waals surface area contributed by atoms with E-state index in [1.54, 1.807) is 0 Å². The second-order valence-electron chi connectivity index (χ2n) is 10.2. The standard InChI is InChI=1S/C30H32N2O10/c33-25-21-13-11-19(17-23(21)27(35)31(25)39)29(37)41-15-9-7-5-3-1-2-4-6-8-10-16-42-30(38)20-12-14-22-24(18-20)28(36)32(40)26(22)34/h11-14,17-18,39-40H,1-10,15-16H2. The number of benzene rings is 2. The molecular weight excluding hydrogens is 548 g/mol. The van der Waals surface area contributed by atoms with Gasteiger partial charge >= 0.3 is 11.9 Å². The normalized spacial score (nSPS) is 14.0. The number of imide groups is 2. The van der Waals surface area contributed by atoms with E-state index in [4.69, 9.17) is 9.47 Å². The minimum Gasteiger partial charge on any atom is -0.462 e. The van der Waals surface area contributed by atoms with E-state index in [9.17, 15) is 39.2 Å². The highest BCUT2D eigenvalue weighted by atomic mass is 16.5. The number of hydrogen-bond acceptors (Lipinski definition) is 10. The largest absolute Gasteiger partial charge is 0.462 e. The fourth-order valence-electron chi connectivity index (χ4n) is 4.82. The van der Waals surface area contributed by atoms with Crippen molar-refractivity contribution in [2.24, 2.45) is 0 Å². The Bertz CT molecular complexity index is 1300. The number of unbranched alkanes of at least 4 members (excludes halogenated alkanes) is 9. The molecule has 0 aliphatic carbocycles. The van der Waals surface area contributed by atoms with Crippen LogP contribution < -0.4 is 0 Å². The van der Waals surface area contributed by atoms with Crippen molar-refractivity contribution in [2.45, 2.75) is 64.2 Å². The quantitative estimate of drug-likeness (QED) is 0.132. The highest BCUT2D eigenvalue weighted by Crippen LogP contribution is 2.24. The first-order valence-corrected chi connectivity index (χ1v) is 14.0. The fourth-order valence-corrected chi connectivity index (χ4v) is 4.82. The smallest absolute Gasteiger partial charge is 0.338 e. The minimum atomic E-state index is -0.861. The number of hydroxylamine groups is 4. The average molecular weight is 581 g/mol. The van der Waals surface area contributed by atoms with E-state index in [1.807, 2.05) is 0 Å². The molecule has 12 nitrogen and oxygen atoms in total. The number of fused-ring (bicyclic) bond motifs is 2. The molecule has 2 aromatic rings. The van der Waals surface area contributed by atoms with Crippen LogP contribution in [0.15, 0.2) is 36.4 Å². The first kappa shape index (κ1) is 30.5. The molecule has 222 valence electrons. The Hall–Kier alpha value is -4.42. The maximum absolute atomic E-state index is 12.2. The van der Waals surface area contributed by atoms with Gasteiger partial charge in [0.05, 0.1) is 46.6 Å². The van der Waals surface area contributed by atoms with Crippen LogP contribution in [0.5, 0.6) is 0 Å². The van der Waals surface area contributed by atoms with Gasteiger partial charge in [-0.3, -0.25) is 29.6 Å². The number of hydrogen-bond donors (Lipinski definition) is 2. The maximum atomic E-state index is 12.2. The van der Waals surface area contributed by atoms with E-state index in [0.29, 0.717) is 0 Å². The molecular formula is C30H32N2O10. The summed E-state index contributed by atoms with van der Waals surface area (Å²) in [4.78, 5) is 71.6. The SMILES string of the molecule is O=C(OCCCCCCCCCCCCOC(=O)c1ccc2c(c1)C(=O)N(O)C2=O)c1ccc2c(c1)C(=O)N(O)C2=O. The fraction of sp³-hybridized carbons (Fsp3) is 0.400. The molecule has 2 aliphatic rings. The second kappa shape index (κ2) is 14.0. The van der Waals surface area contributed by atoms with E-state index >= 15 is 0 Å². The first-order chi connectivity index (χ1) is 20.2. The third-order valence-corrected chi connectivity index (χ3v) is 7.21. The molecule has 0 spiro atoms. The first-order valence-electron chi connectivity index (χ1n) is 14.0. The van der Waals surface area contributed by atoms with E-state index in [0.717, 1.165) is 64.2 Å². The Balaban J connectivity index is 0.979. The van der Waals surface area contributed by atoms with Crippen LogP contribution in [0.2, 0.25) is 0 Å². The van der Waals surface area contributed by atoms with Crippen LogP contribution in [-0.4, -0.2) is 69.3 Å². The predicted octanol–water partition coefficient (Wildman–Crippen LogP) is 4.57. The van der Waals surface area contributed by atoms with Crippen LogP contribution in [-0.2, 0) is 9.47 Å². The number of rotatable bonds is 15. The molecule has 4 rings (SSSR count). The Morgan fingerprint density at radius 3 is 1.17 bits per heavy atom. The summed E-state index contributed by atoms with van der Waals surface area (Å²) in [5, 5.41) is 18.9. The third-order valence-electron chi connectivity index (χ3n) is 7.21. The Morgan fingerprint density at radius 1 is 0.500 bits per heavy atom. The van der Waals surface area contributed by atoms with Crippen LogP contribution >= 0.6 is 0 Å². The van der Waals surface area contributed by atoms with E-state index in [-0.39, 0.29) is 56.7 Å². The van der Waals surface area contributed by atoms with Crippen molar-refractivity contribution in [3.63, 3.8) is 0 Å². The number of esters is 2. The molecule has 4 amide bonds. The van der Waals surface area contributed by atoms with Crippen LogP contribution in [0.3, 0.4) is 0 Å². The number of carbonyl (C=O) groups excluding carboxylic acids is 6. The Kier molecular flexibility index (Phi) is 10.2. The van der Waals surface area contributed by atoms with Crippen molar-refractivity contribution >= 4 is 35.6 Å². The summed E-state index contributed by atoms with van der Waals surface area (Å²) in [7, 11) is 0. The van der Waals surface area contributed by atoms with Gasteiger partial charge in [0, 0.05) is 0 Å². The molecule has 0 bridgehead atoms. The van der Waals surface area contributed by atoms with Crippen molar-refractivity contribution in [1.29, 1.82) is 0 Å². The maximum Gasteiger partial charge on any atom is 0.338 e. The van der Waals surface area contributed by atoms with Crippen molar-refractivity contribution in [2.75, 3.05) is 13.2 Å². The summed E-state index contributed by atoms with van der Waals surface area (Å²) in [6.45, 7) is 0.510. The Morgan fingerprint density at radius 2 is 0.810 bits per heavy atom. The topological polar surface area (TPSA) is 168 Å². The molecule has 2 N–H and O–H groups in total. The van der Waals surface area contributed by atoms with Crippen LogP contribution in [0.25, 0.3) is 0 Å². The van der Waals surface area contributed by atoms with Gasteiger partial charge in [-0.2, -0.15) is 0 Å². The van der Waals surface area contributed by atoms with Crippen LogP contribution in [0.1, 0.15) is 126 Å². The van der Waals surface area contributed by atoms with Crippen molar-refractivity contribution in [3.8, 4) is 0 Å². The summed E-state index contributed by atoms with van der Waals surface area (Å²) in [5.74, 6) is -4.52. The van der Waals surface area contributed by atoms with Gasteiger partial charge < -0.3 is 9.47 Å². The molecule has 0 fully saturated rings. The van der Waals surface area contributed by atoms with Gasteiger partial charge in [0.25, 0.3) is 23.6 Å². The monoisotopic (exact) mass is 580 g/mol. The summed E-state index contributed by atoms with van der Waals surface area (Å²) >= 11 is 0. The molecule has 2 aliphatic heterocycles. The molecule has 2 aromatic carbocycles. The summed E-state index contributed by atoms with van der Waals surface area (Å²) in [5.41, 5.74) is 0.363. The molecule has 0 unspecified atom stereocenters. The summed E-state index contributed by atoms with van der Waals surface area (Å²) in [6.07, 6.45) is 9.67. The van der Waals surface area contributed by atoms with Gasteiger partial charge in [-0.1, -0.05) is 51.4 Å². The van der Waals surface area contributed by atoms with Crippen LogP contribution in [0.4, 0.5) is 0 Å². The van der Waals surface area contributed by atoms with Gasteiger partial charge in [0.2, 0.25) is 0 Å². The zero-order valence-corrected chi connectivity index (χ0v) is 23.0. The number of carbonyl (C=O) groups is 6. The lowest BCUT2D eigenvalue weighted by molar-refractivity contribution is -0.0330. The van der Waals surface area contributed by atoms with E-state index in [1.165, 1.54) is 36.4 Å². The molecule has 0 saturated heterocycles. The van der Waals surface area contributed by atoms with Crippen molar-refractivity contribution < 1.29 is 48.7 Å². The van der Waals surface area contributed by atoms with Gasteiger partial charge in [-0.25, -0.2) is 9.59 Å². The average Bonchev–Trinajstić information content (AvgIpc) is 3.35. The number of ether oxygens (including phenoxy) is 2. The lowest BCUT2D eigenvalue weighted by Gasteiger charge is -2.06. The van der Waals surface area contributed by atoms with E-state index < -0.39 is 35.6 Å².